The van der Waals surface area contributed by atoms with Gasteiger partial charge in [-0.05, 0) is 37.1 Å². The Bertz CT molecular complexity index is 608. The van der Waals surface area contributed by atoms with Crippen LogP contribution in [0.1, 0.15) is 32.6 Å². The average Bonchev–Trinajstić information content (AvgIpc) is 3.03. The second-order valence-corrected chi connectivity index (χ2v) is 7.60. The monoisotopic (exact) mass is 347 g/mol. The Labute approximate surface area is 147 Å². The Hall–Kier alpha value is -1.69. The number of nitrogens with one attached hydrogen (secondary N) is 1. The summed E-state index contributed by atoms with van der Waals surface area (Å²) in [6, 6.07) is 8.03. The van der Waals surface area contributed by atoms with Crippen LogP contribution < -0.4 is 5.32 Å². The van der Waals surface area contributed by atoms with E-state index in [0.717, 1.165) is 48.7 Å². The van der Waals surface area contributed by atoms with E-state index in [0.29, 0.717) is 13.0 Å². The molecule has 2 aliphatic rings. The molecule has 1 unspecified atom stereocenters. The van der Waals surface area contributed by atoms with E-state index in [-0.39, 0.29) is 18.0 Å². The molecule has 5 nitrogen and oxygen atoms in total. The number of benzene rings is 1. The highest BCUT2D eigenvalue weighted by molar-refractivity contribution is 7.99. The van der Waals surface area contributed by atoms with Gasteiger partial charge in [0, 0.05) is 37.0 Å². The highest BCUT2D eigenvalue weighted by atomic mass is 32.2. The minimum atomic E-state index is -0.0597. The van der Waals surface area contributed by atoms with Crippen LogP contribution >= 0.6 is 11.8 Å². The number of likely N-dealkylation sites (tertiary alicyclic amines) is 2. The summed E-state index contributed by atoms with van der Waals surface area (Å²) in [5.74, 6) is 1.21. The van der Waals surface area contributed by atoms with Gasteiger partial charge in [-0.1, -0.05) is 19.1 Å². The molecular formula is C18H25N3O2S. The molecule has 3 amide bonds. The first-order chi connectivity index (χ1) is 11.7. The Kier molecular flexibility index (Phi) is 5.66. The lowest BCUT2D eigenvalue weighted by atomic mass is 10.0. The number of thioether (sulfide) groups is 1. The summed E-state index contributed by atoms with van der Waals surface area (Å²) in [5, 5.41) is 3.05. The molecule has 0 saturated carbocycles. The predicted molar refractivity (Wildman–Crippen MR) is 97.4 cm³/mol. The van der Waals surface area contributed by atoms with Crippen LogP contribution in [-0.2, 0) is 4.79 Å². The predicted octanol–water partition coefficient (Wildman–Crippen LogP) is 3.42. The van der Waals surface area contributed by atoms with Gasteiger partial charge in [0.25, 0.3) is 0 Å². The molecule has 0 spiro atoms. The summed E-state index contributed by atoms with van der Waals surface area (Å²) in [4.78, 5) is 29.6. The SMILES string of the molecule is CCSc1ccccc1NC(=O)N1CCCC(N2CCCC2=O)C1. The average molecular weight is 347 g/mol. The third-order valence-electron chi connectivity index (χ3n) is 4.66. The number of piperidine rings is 1. The van der Waals surface area contributed by atoms with E-state index < -0.39 is 0 Å². The molecular weight excluding hydrogens is 322 g/mol. The zero-order chi connectivity index (χ0) is 16.9. The number of rotatable bonds is 4. The number of urea groups is 1. The molecule has 130 valence electrons. The lowest BCUT2D eigenvalue weighted by Crippen LogP contribution is -2.51. The number of hydrogen-bond donors (Lipinski definition) is 1. The van der Waals surface area contributed by atoms with Gasteiger partial charge in [0.15, 0.2) is 0 Å². The number of carbonyl (C=O) groups excluding carboxylic acids is 2. The quantitative estimate of drug-likeness (QED) is 0.849. The summed E-state index contributed by atoms with van der Waals surface area (Å²) < 4.78 is 0. The molecule has 3 rings (SSSR count). The molecule has 6 heteroatoms. The fraction of sp³-hybridized carbons (Fsp3) is 0.556. The summed E-state index contributed by atoms with van der Waals surface area (Å²) >= 11 is 1.73. The number of para-hydroxylation sites is 1. The number of anilines is 1. The van der Waals surface area contributed by atoms with Crippen molar-refractivity contribution in [3.8, 4) is 0 Å². The minimum Gasteiger partial charge on any atom is -0.338 e. The first kappa shape index (κ1) is 17.1. The summed E-state index contributed by atoms with van der Waals surface area (Å²) in [7, 11) is 0. The molecule has 0 radical (unpaired) electrons. The molecule has 0 aromatic heterocycles. The highest BCUT2D eigenvalue weighted by Crippen LogP contribution is 2.27. The summed E-state index contributed by atoms with van der Waals surface area (Å²) in [6.07, 6.45) is 3.55. The maximum Gasteiger partial charge on any atom is 0.321 e. The Morgan fingerprint density at radius 1 is 1.29 bits per heavy atom. The van der Waals surface area contributed by atoms with Crippen molar-refractivity contribution in [2.45, 2.75) is 43.5 Å². The first-order valence-electron chi connectivity index (χ1n) is 8.76. The van der Waals surface area contributed by atoms with Crippen LogP contribution in [0.5, 0.6) is 0 Å². The number of amides is 3. The fourth-order valence-corrected chi connectivity index (χ4v) is 4.25. The van der Waals surface area contributed by atoms with Crippen LogP contribution in [0.2, 0.25) is 0 Å². The van der Waals surface area contributed by atoms with Gasteiger partial charge in [0.05, 0.1) is 5.69 Å². The van der Waals surface area contributed by atoms with Crippen molar-refractivity contribution in [2.24, 2.45) is 0 Å². The lowest BCUT2D eigenvalue weighted by Gasteiger charge is -2.37. The van der Waals surface area contributed by atoms with Crippen LogP contribution in [-0.4, -0.2) is 53.2 Å². The molecule has 2 heterocycles. The van der Waals surface area contributed by atoms with Gasteiger partial charge < -0.3 is 15.1 Å². The van der Waals surface area contributed by atoms with Crippen molar-refractivity contribution in [1.82, 2.24) is 9.80 Å². The second kappa shape index (κ2) is 7.92. The standard InChI is InChI=1S/C18H25N3O2S/c1-2-24-16-9-4-3-8-15(16)19-18(23)20-11-5-7-14(13-20)21-12-6-10-17(21)22/h3-4,8-9,14H,2,5-7,10-13H2,1H3,(H,19,23). The van der Waals surface area contributed by atoms with Gasteiger partial charge in [-0.2, -0.15) is 0 Å². The van der Waals surface area contributed by atoms with Crippen molar-refractivity contribution in [3.63, 3.8) is 0 Å². The zero-order valence-corrected chi connectivity index (χ0v) is 15.0. The maximum atomic E-state index is 12.7. The molecule has 0 bridgehead atoms. The summed E-state index contributed by atoms with van der Waals surface area (Å²) in [5.41, 5.74) is 0.869. The highest BCUT2D eigenvalue weighted by Gasteiger charge is 2.32. The fourth-order valence-electron chi connectivity index (χ4n) is 3.49. The van der Waals surface area contributed by atoms with E-state index in [1.54, 1.807) is 11.8 Å². The van der Waals surface area contributed by atoms with E-state index in [1.165, 1.54) is 0 Å². The second-order valence-electron chi connectivity index (χ2n) is 6.29. The smallest absolute Gasteiger partial charge is 0.321 e. The van der Waals surface area contributed by atoms with E-state index >= 15 is 0 Å². The third kappa shape index (κ3) is 3.86. The van der Waals surface area contributed by atoms with Crippen LogP contribution in [0.3, 0.4) is 0 Å². The molecule has 1 N–H and O–H groups in total. The molecule has 2 saturated heterocycles. The summed E-state index contributed by atoms with van der Waals surface area (Å²) in [6.45, 7) is 4.34. The molecule has 0 aliphatic carbocycles. The molecule has 1 aromatic rings. The molecule has 2 aliphatic heterocycles. The molecule has 24 heavy (non-hydrogen) atoms. The molecule has 1 atom stereocenters. The normalized spacial score (nSPS) is 21.2. The Morgan fingerprint density at radius 2 is 2.12 bits per heavy atom. The number of hydrogen-bond acceptors (Lipinski definition) is 3. The Morgan fingerprint density at radius 3 is 2.88 bits per heavy atom. The van der Waals surface area contributed by atoms with Crippen molar-refractivity contribution < 1.29 is 9.59 Å². The van der Waals surface area contributed by atoms with E-state index in [4.69, 9.17) is 0 Å². The van der Waals surface area contributed by atoms with E-state index in [2.05, 4.69) is 12.2 Å². The number of carbonyl (C=O) groups is 2. The van der Waals surface area contributed by atoms with Gasteiger partial charge >= 0.3 is 6.03 Å². The van der Waals surface area contributed by atoms with Gasteiger partial charge in [0.1, 0.15) is 0 Å². The van der Waals surface area contributed by atoms with Gasteiger partial charge in [-0.15, -0.1) is 11.8 Å². The zero-order valence-electron chi connectivity index (χ0n) is 14.2. The van der Waals surface area contributed by atoms with Crippen LogP contribution in [0.25, 0.3) is 0 Å². The van der Waals surface area contributed by atoms with Crippen LogP contribution in [0.15, 0.2) is 29.2 Å². The molecule has 2 fully saturated rings. The molecule has 1 aromatic carbocycles. The van der Waals surface area contributed by atoms with Gasteiger partial charge in [-0.25, -0.2) is 4.79 Å². The van der Waals surface area contributed by atoms with Crippen molar-refractivity contribution in [1.29, 1.82) is 0 Å². The van der Waals surface area contributed by atoms with Crippen LogP contribution in [0, 0.1) is 0 Å². The Balaban J connectivity index is 1.63. The third-order valence-corrected chi connectivity index (χ3v) is 5.62. The van der Waals surface area contributed by atoms with Crippen molar-refractivity contribution in [3.05, 3.63) is 24.3 Å². The van der Waals surface area contributed by atoms with Crippen molar-refractivity contribution >= 4 is 29.4 Å². The van der Waals surface area contributed by atoms with Gasteiger partial charge in [-0.3, -0.25) is 4.79 Å². The van der Waals surface area contributed by atoms with Crippen LogP contribution in [0.4, 0.5) is 10.5 Å². The minimum absolute atomic E-state index is 0.0597. The van der Waals surface area contributed by atoms with Gasteiger partial charge in [0.2, 0.25) is 5.91 Å². The van der Waals surface area contributed by atoms with E-state index in [9.17, 15) is 9.59 Å². The maximum absolute atomic E-state index is 12.7. The lowest BCUT2D eigenvalue weighted by molar-refractivity contribution is -0.130. The van der Waals surface area contributed by atoms with Crippen molar-refractivity contribution in [2.75, 3.05) is 30.7 Å². The van der Waals surface area contributed by atoms with E-state index in [1.807, 2.05) is 34.1 Å². The largest absolute Gasteiger partial charge is 0.338 e. The number of nitrogens with zero attached hydrogens (tertiary/aromatic N) is 2. The topological polar surface area (TPSA) is 52.7 Å². The first-order valence-corrected chi connectivity index (χ1v) is 9.75.